The van der Waals surface area contributed by atoms with Crippen LogP contribution < -0.4 is 5.73 Å². The van der Waals surface area contributed by atoms with Crippen LogP contribution in [0, 0.1) is 11.3 Å². The molecule has 0 aliphatic carbocycles. The second kappa shape index (κ2) is 5.82. The molecule has 0 saturated heterocycles. The average molecular weight is 319 g/mol. The maximum absolute atomic E-state index is 12.3. The summed E-state index contributed by atoms with van der Waals surface area (Å²) in [6, 6.07) is 3.15. The number of anilines is 1. The van der Waals surface area contributed by atoms with Gasteiger partial charge in [0.2, 0.25) is 0 Å². The summed E-state index contributed by atoms with van der Waals surface area (Å²) < 4.78 is 29.4. The number of nitrogens with two attached hydrogens (primary N) is 1. The monoisotopic (exact) mass is 319 g/mol. The fourth-order valence-electron chi connectivity index (χ4n) is 1.52. The van der Waals surface area contributed by atoms with Crippen LogP contribution in [0.4, 0.5) is 5.69 Å². The lowest BCUT2D eigenvalue weighted by Crippen LogP contribution is -2.12. The first-order valence-electron chi connectivity index (χ1n) is 6.01. The molecule has 0 saturated carbocycles. The molecule has 10 heteroatoms. The smallest absolute Gasteiger partial charge is 0.287 e. The van der Waals surface area contributed by atoms with E-state index in [1.54, 1.807) is 14.1 Å². The van der Waals surface area contributed by atoms with Crippen LogP contribution in [0.3, 0.4) is 0 Å². The molecule has 0 aliphatic heterocycles. The largest absolute Gasteiger partial charge is 0.397 e. The van der Waals surface area contributed by atoms with Crippen LogP contribution in [0.1, 0.15) is 5.56 Å². The average Bonchev–Trinajstić information content (AvgIpc) is 2.94. The molecule has 0 unspecified atom stereocenters. The molecule has 2 heterocycles. The van der Waals surface area contributed by atoms with Gasteiger partial charge in [0.25, 0.3) is 10.0 Å². The zero-order valence-electron chi connectivity index (χ0n) is 11.9. The highest BCUT2D eigenvalue weighted by atomic mass is 32.2. The molecule has 0 atom stereocenters. The van der Waals surface area contributed by atoms with Crippen molar-refractivity contribution in [1.29, 1.82) is 5.26 Å². The first kappa shape index (κ1) is 15.5. The molecule has 2 aromatic heterocycles. The Bertz CT molecular complexity index is 862. The molecule has 2 aromatic rings. The zero-order valence-corrected chi connectivity index (χ0v) is 12.7. The summed E-state index contributed by atoms with van der Waals surface area (Å²) in [5.74, 6) is 0.0200. The van der Waals surface area contributed by atoms with E-state index in [0.29, 0.717) is 0 Å². The Hall–Kier alpha value is -2.93. The molecule has 0 amide bonds. The Morgan fingerprint density at radius 3 is 2.77 bits per heavy atom. The van der Waals surface area contributed by atoms with Gasteiger partial charge in [-0.05, 0) is 6.07 Å². The summed E-state index contributed by atoms with van der Waals surface area (Å²) in [6.45, 7) is 0. The van der Waals surface area contributed by atoms with E-state index in [-0.39, 0.29) is 22.0 Å². The van der Waals surface area contributed by atoms with E-state index in [1.165, 1.54) is 34.2 Å². The maximum atomic E-state index is 12.3. The van der Waals surface area contributed by atoms with Crippen molar-refractivity contribution in [2.45, 2.75) is 4.90 Å². The number of hydrogen-bond donors (Lipinski definition) is 1. The van der Waals surface area contributed by atoms with E-state index in [4.69, 9.17) is 11.0 Å². The number of hydrogen-bond acceptors (Lipinski definition) is 6. The highest BCUT2D eigenvalue weighted by molar-refractivity contribution is 7.90. The molecule has 22 heavy (non-hydrogen) atoms. The van der Waals surface area contributed by atoms with Crippen molar-refractivity contribution < 1.29 is 8.42 Å². The summed E-state index contributed by atoms with van der Waals surface area (Å²) in [5, 5.41) is 12.7. The van der Waals surface area contributed by atoms with E-state index < -0.39 is 10.0 Å². The minimum Gasteiger partial charge on any atom is -0.397 e. The van der Waals surface area contributed by atoms with Crippen molar-refractivity contribution in [2.75, 3.05) is 19.8 Å². The molecule has 0 aliphatic rings. The fourth-order valence-corrected chi connectivity index (χ4v) is 2.61. The van der Waals surface area contributed by atoms with Gasteiger partial charge in [-0.25, -0.2) is 9.67 Å². The van der Waals surface area contributed by atoms with Gasteiger partial charge in [-0.3, -0.25) is 0 Å². The van der Waals surface area contributed by atoms with E-state index >= 15 is 0 Å². The van der Waals surface area contributed by atoms with Crippen LogP contribution in [0.2, 0.25) is 0 Å². The van der Waals surface area contributed by atoms with Crippen molar-refractivity contribution in [1.82, 2.24) is 19.7 Å². The van der Waals surface area contributed by atoms with Crippen molar-refractivity contribution >= 4 is 22.0 Å². The van der Waals surface area contributed by atoms with E-state index in [9.17, 15) is 8.42 Å². The van der Waals surface area contributed by atoms with Gasteiger partial charge in [-0.2, -0.15) is 18.8 Å². The third kappa shape index (κ3) is 3.21. The second-order valence-electron chi connectivity index (χ2n) is 4.54. The van der Waals surface area contributed by atoms with Gasteiger partial charge < -0.3 is 10.6 Å². The molecule has 114 valence electrons. The minimum atomic E-state index is -4.01. The Kier molecular flexibility index (Phi) is 4.09. The van der Waals surface area contributed by atoms with Gasteiger partial charge in [0.1, 0.15) is 17.3 Å². The quantitative estimate of drug-likeness (QED) is 0.620. The van der Waals surface area contributed by atoms with Gasteiger partial charge in [0.15, 0.2) is 5.82 Å². The summed E-state index contributed by atoms with van der Waals surface area (Å²) >= 11 is 0. The number of aromatic nitrogens is 3. The lowest BCUT2D eigenvalue weighted by atomic mass is 10.4. The van der Waals surface area contributed by atoms with Crippen LogP contribution in [0.25, 0.3) is 5.82 Å². The van der Waals surface area contributed by atoms with Crippen LogP contribution in [-0.2, 0) is 10.0 Å². The molecular weight excluding hydrogens is 306 g/mol. The van der Waals surface area contributed by atoms with E-state index in [0.717, 1.165) is 6.34 Å². The number of nitrogen functional groups attached to an aromatic ring is 1. The summed E-state index contributed by atoms with van der Waals surface area (Å²) in [6.07, 6.45) is 5.13. The Balaban J connectivity index is 2.61. The van der Waals surface area contributed by atoms with Crippen LogP contribution in [0.15, 0.2) is 34.0 Å². The number of pyridine rings is 1. The van der Waals surface area contributed by atoms with E-state index in [2.05, 4.69) is 14.5 Å². The van der Waals surface area contributed by atoms with E-state index in [1.807, 2.05) is 6.07 Å². The van der Waals surface area contributed by atoms with Crippen molar-refractivity contribution in [3.8, 4) is 11.9 Å². The SMILES string of the molecule is CN(C)/C=N\S(=O)(=O)c1cc(N)cnc1-n1cc(C#N)cn1. The fraction of sp³-hybridized carbons (Fsp3) is 0.167. The Labute approximate surface area is 127 Å². The van der Waals surface area contributed by atoms with Gasteiger partial charge >= 0.3 is 0 Å². The number of nitriles is 1. The first-order valence-corrected chi connectivity index (χ1v) is 7.45. The molecule has 0 bridgehead atoms. The standard InChI is InChI=1S/C12H13N7O2S/c1-18(2)8-17-22(20,21)11-3-10(14)6-15-12(11)19-7-9(4-13)5-16-19/h3,5-8H,14H2,1-2H3/b17-8-. The molecule has 9 nitrogen and oxygen atoms in total. The summed E-state index contributed by atoms with van der Waals surface area (Å²) in [5.41, 5.74) is 6.07. The van der Waals surface area contributed by atoms with Crippen LogP contribution >= 0.6 is 0 Å². The predicted molar refractivity (Wildman–Crippen MR) is 79.9 cm³/mol. The highest BCUT2D eigenvalue weighted by Gasteiger charge is 2.21. The van der Waals surface area contributed by atoms with Crippen LogP contribution in [0.5, 0.6) is 0 Å². The highest BCUT2D eigenvalue weighted by Crippen LogP contribution is 2.22. The number of sulfonamides is 1. The van der Waals surface area contributed by atoms with Crippen molar-refractivity contribution in [2.24, 2.45) is 4.40 Å². The zero-order chi connectivity index (χ0) is 16.3. The molecule has 2 rings (SSSR count). The lowest BCUT2D eigenvalue weighted by Gasteiger charge is -2.08. The van der Waals surface area contributed by atoms with Gasteiger partial charge in [-0.15, -0.1) is 4.40 Å². The van der Waals surface area contributed by atoms with Gasteiger partial charge in [-0.1, -0.05) is 0 Å². The summed E-state index contributed by atoms with van der Waals surface area (Å²) in [4.78, 5) is 5.28. The van der Waals surface area contributed by atoms with Crippen LogP contribution in [-0.4, -0.2) is 48.5 Å². The predicted octanol–water partition coefficient (Wildman–Crippen LogP) is -0.000220. The molecule has 0 radical (unpaired) electrons. The number of rotatable bonds is 4. The van der Waals surface area contributed by atoms with Crippen molar-refractivity contribution in [3.63, 3.8) is 0 Å². The topological polar surface area (TPSA) is 130 Å². The molecule has 0 fully saturated rings. The van der Waals surface area contributed by atoms with Gasteiger partial charge in [0, 0.05) is 14.1 Å². The molecule has 2 N–H and O–H groups in total. The maximum Gasteiger partial charge on any atom is 0.287 e. The molecule has 0 aromatic carbocycles. The minimum absolute atomic E-state index is 0.0200. The molecule has 0 spiro atoms. The van der Waals surface area contributed by atoms with Crippen molar-refractivity contribution in [3.05, 3.63) is 30.2 Å². The molecular formula is C12H13N7O2S. The lowest BCUT2D eigenvalue weighted by molar-refractivity contribution is 0.593. The van der Waals surface area contributed by atoms with Gasteiger partial charge in [0.05, 0.1) is 29.8 Å². The Morgan fingerprint density at radius 1 is 1.45 bits per heavy atom. The third-order valence-electron chi connectivity index (χ3n) is 2.48. The number of nitrogens with zero attached hydrogens (tertiary/aromatic N) is 6. The third-order valence-corrected chi connectivity index (χ3v) is 3.71. The second-order valence-corrected chi connectivity index (χ2v) is 6.14. The normalized spacial score (nSPS) is 11.5. The first-order chi connectivity index (χ1) is 10.3. The Morgan fingerprint density at radius 2 is 2.18 bits per heavy atom. The summed E-state index contributed by atoms with van der Waals surface area (Å²) in [7, 11) is -0.726.